The molecule has 0 unspecified atom stereocenters. The normalized spacial score (nSPS) is 11.7. The predicted octanol–water partition coefficient (Wildman–Crippen LogP) is 0.365. The molecule has 0 heterocycles. The van der Waals surface area contributed by atoms with Gasteiger partial charge in [-0.05, 0) is 19.1 Å². The molecule has 1 N–H and O–H groups in total. The molecule has 0 aliphatic carbocycles. The van der Waals surface area contributed by atoms with Crippen molar-refractivity contribution in [2.75, 3.05) is 14.2 Å². The van der Waals surface area contributed by atoms with Gasteiger partial charge >= 0.3 is 11.9 Å². The molecular weight excluding hydrogens is 312 g/mol. The van der Waals surface area contributed by atoms with Crippen LogP contribution in [0.25, 0.3) is 0 Å². The Morgan fingerprint density at radius 1 is 1.14 bits per heavy atom. The molecule has 1 aromatic rings. The molecule has 8 nitrogen and oxygen atoms in total. The van der Waals surface area contributed by atoms with Crippen LogP contribution in [-0.2, 0) is 29.1 Å². The summed E-state index contributed by atoms with van der Waals surface area (Å²) < 4.78 is 32.9. The number of hydrazone groups is 1. The van der Waals surface area contributed by atoms with E-state index < -0.39 is 34.1 Å². The monoisotopic (exact) mass is 328 g/mol. The molecule has 120 valence electrons. The molecule has 9 heteroatoms. The largest absolute Gasteiger partial charge is 0.469 e. The van der Waals surface area contributed by atoms with Crippen LogP contribution in [-0.4, -0.2) is 40.3 Å². The number of sulfonamides is 1. The first-order valence-electron chi connectivity index (χ1n) is 6.10. The summed E-state index contributed by atoms with van der Waals surface area (Å²) >= 11 is 0. The fraction of sp³-hybridized carbons (Fsp3) is 0.308. The molecule has 0 fully saturated rings. The second-order valence-electron chi connectivity index (χ2n) is 4.21. The van der Waals surface area contributed by atoms with Gasteiger partial charge in [-0.25, -0.2) is 4.79 Å². The molecule has 0 saturated carbocycles. The second kappa shape index (κ2) is 7.55. The van der Waals surface area contributed by atoms with Crippen LogP contribution in [0.5, 0.6) is 0 Å². The molecular formula is C13H16N2O6S. The van der Waals surface area contributed by atoms with E-state index in [-0.39, 0.29) is 4.90 Å². The predicted molar refractivity (Wildman–Crippen MR) is 77.6 cm³/mol. The van der Waals surface area contributed by atoms with Gasteiger partial charge in [-0.2, -0.15) is 18.4 Å². The molecule has 1 aromatic carbocycles. The highest BCUT2D eigenvalue weighted by Crippen LogP contribution is 2.09. The topological polar surface area (TPSA) is 111 Å². The Morgan fingerprint density at radius 3 is 2.23 bits per heavy atom. The average molecular weight is 328 g/mol. The number of ether oxygens (including phenoxy) is 2. The van der Waals surface area contributed by atoms with Crippen molar-refractivity contribution in [3.05, 3.63) is 29.8 Å². The van der Waals surface area contributed by atoms with Crippen molar-refractivity contribution in [3.8, 4) is 0 Å². The van der Waals surface area contributed by atoms with Crippen molar-refractivity contribution in [3.63, 3.8) is 0 Å². The lowest BCUT2D eigenvalue weighted by Crippen LogP contribution is -2.26. The number of nitrogens with zero attached hydrogens (tertiary/aromatic N) is 1. The smallest absolute Gasteiger partial charge is 0.354 e. The SMILES string of the molecule is COC(=O)CC(=NNS(=O)(=O)c1ccc(C)cc1)C(=O)OC. The molecule has 0 radical (unpaired) electrons. The highest BCUT2D eigenvalue weighted by molar-refractivity contribution is 7.89. The third-order valence-corrected chi connectivity index (χ3v) is 3.82. The van der Waals surface area contributed by atoms with E-state index in [1.54, 1.807) is 12.1 Å². The first kappa shape index (κ1) is 17.6. The fourth-order valence-electron chi connectivity index (χ4n) is 1.37. The lowest BCUT2D eigenvalue weighted by Gasteiger charge is -2.06. The van der Waals surface area contributed by atoms with Crippen molar-refractivity contribution >= 4 is 27.7 Å². The summed E-state index contributed by atoms with van der Waals surface area (Å²) in [5.74, 6) is -1.68. The number of rotatable bonds is 6. The Labute approximate surface area is 128 Å². The number of hydrogen-bond donors (Lipinski definition) is 1. The van der Waals surface area contributed by atoms with E-state index in [9.17, 15) is 18.0 Å². The van der Waals surface area contributed by atoms with Crippen LogP contribution in [0, 0.1) is 6.92 Å². The van der Waals surface area contributed by atoms with Gasteiger partial charge in [0.25, 0.3) is 10.0 Å². The fourth-order valence-corrected chi connectivity index (χ4v) is 2.20. The zero-order chi connectivity index (χ0) is 16.8. The van der Waals surface area contributed by atoms with E-state index >= 15 is 0 Å². The number of esters is 2. The van der Waals surface area contributed by atoms with E-state index in [0.29, 0.717) is 0 Å². The number of methoxy groups -OCH3 is 2. The summed E-state index contributed by atoms with van der Waals surface area (Å²) in [6, 6.07) is 6.03. The van der Waals surface area contributed by atoms with Gasteiger partial charge in [0.1, 0.15) is 0 Å². The van der Waals surface area contributed by atoms with E-state index in [1.807, 2.05) is 11.8 Å². The van der Waals surface area contributed by atoms with Gasteiger partial charge in [0, 0.05) is 0 Å². The van der Waals surface area contributed by atoms with Gasteiger partial charge in [0.2, 0.25) is 0 Å². The Morgan fingerprint density at radius 2 is 1.73 bits per heavy atom. The number of hydrogen-bond acceptors (Lipinski definition) is 7. The van der Waals surface area contributed by atoms with Crippen molar-refractivity contribution in [1.29, 1.82) is 0 Å². The van der Waals surface area contributed by atoms with E-state index in [4.69, 9.17) is 0 Å². The van der Waals surface area contributed by atoms with Gasteiger partial charge in [-0.1, -0.05) is 17.7 Å². The third-order valence-electron chi connectivity index (χ3n) is 2.59. The van der Waals surface area contributed by atoms with E-state index in [0.717, 1.165) is 19.8 Å². The maximum absolute atomic E-state index is 12.0. The van der Waals surface area contributed by atoms with Crippen LogP contribution in [0.15, 0.2) is 34.3 Å². The van der Waals surface area contributed by atoms with Gasteiger partial charge < -0.3 is 9.47 Å². The lowest BCUT2D eigenvalue weighted by atomic mass is 10.2. The highest BCUT2D eigenvalue weighted by atomic mass is 32.2. The summed E-state index contributed by atoms with van der Waals surface area (Å²) in [4.78, 5) is 24.5. The van der Waals surface area contributed by atoms with Crippen molar-refractivity contribution in [1.82, 2.24) is 4.83 Å². The number of aryl methyl sites for hydroxylation is 1. The number of carbonyl (C=O) groups is 2. The number of benzene rings is 1. The summed E-state index contributed by atoms with van der Waals surface area (Å²) in [6.07, 6.45) is -0.514. The van der Waals surface area contributed by atoms with Crippen molar-refractivity contribution in [2.45, 2.75) is 18.2 Å². The standard InChI is InChI=1S/C13H16N2O6S/c1-9-4-6-10(7-5-9)22(18,19)15-14-11(13(17)21-3)8-12(16)20-2/h4-7,15H,8H2,1-3H3. The van der Waals surface area contributed by atoms with Crippen LogP contribution in [0.3, 0.4) is 0 Å². The van der Waals surface area contributed by atoms with Gasteiger partial charge in [-0.15, -0.1) is 0 Å². The molecule has 1 rings (SSSR count). The Kier molecular flexibility index (Phi) is 6.05. The Balaban J connectivity index is 2.99. The summed E-state index contributed by atoms with van der Waals surface area (Å²) in [6.45, 7) is 1.81. The highest BCUT2D eigenvalue weighted by Gasteiger charge is 2.19. The summed E-state index contributed by atoms with van der Waals surface area (Å²) in [5, 5.41) is 3.46. The minimum absolute atomic E-state index is 0.0240. The first-order chi connectivity index (χ1) is 10.3. The zero-order valence-electron chi connectivity index (χ0n) is 12.3. The van der Waals surface area contributed by atoms with Crippen molar-refractivity contribution < 1.29 is 27.5 Å². The summed E-state index contributed by atoms with van der Waals surface area (Å²) in [5.41, 5.74) is 0.480. The van der Waals surface area contributed by atoms with Gasteiger partial charge in [-0.3, -0.25) is 4.79 Å². The van der Waals surface area contributed by atoms with Crippen LogP contribution >= 0.6 is 0 Å². The maximum atomic E-state index is 12.0. The Hall–Kier alpha value is -2.42. The minimum atomic E-state index is -3.95. The van der Waals surface area contributed by atoms with E-state index in [2.05, 4.69) is 14.6 Å². The Bertz CT molecular complexity index is 679. The van der Waals surface area contributed by atoms with Gasteiger partial charge in [0.05, 0.1) is 25.5 Å². The van der Waals surface area contributed by atoms with Crippen LogP contribution in [0.1, 0.15) is 12.0 Å². The molecule has 0 atom stereocenters. The van der Waals surface area contributed by atoms with Gasteiger partial charge in [0.15, 0.2) is 5.71 Å². The van der Waals surface area contributed by atoms with Crippen molar-refractivity contribution in [2.24, 2.45) is 5.10 Å². The molecule has 0 aliphatic rings. The summed E-state index contributed by atoms with van der Waals surface area (Å²) in [7, 11) is -1.73. The van der Waals surface area contributed by atoms with Crippen LogP contribution < -0.4 is 4.83 Å². The zero-order valence-corrected chi connectivity index (χ0v) is 13.1. The molecule has 0 spiro atoms. The molecule has 0 amide bonds. The molecule has 0 bridgehead atoms. The maximum Gasteiger partial charge on any atom is 0.354 e. The number of nitrogens with one attached hydrogen (secondary N) is 1. The quantitative estimate of drug-likeness (QED) is 0.459. The number of carbonyl (C=O) groups excluding carboxylic acids is 2. The third kappa shape index (κ3) is 4.85. The van der Waals surface area contributed by atoms with E-state index in [1.165, 1.54) is 12.1 Å². The second-order valence-corrected chi connectivity index (χ2v) is 5.87. The first-order valence-corrected chi connectivity index (χ1v) is 7.58. The lowest BCUT2D eigenvalue weighted by molar-refractivity contribution is -0.140. The molecule has 0 saturated heterocycles. The average Bonchev–Trinajstić information content (AvgIpc) is 2.50. The van der Waals surface area contributed by atoms with Crippen LogP contribution in [0.2, 0.25) is 0 Å². The van der Waals surface area contributed by atoms with Crippen LogP contribution in [0.4, 0.5) is 0 Å². The molecule has 0 aromatic heterocycles. The minimum Gasteiger partial charge on any atom is -0.469 e. The molecule has 22 heavy (non-hydrogen) atoms. The molecule has 0 aliphatic heterocycles.